The average molecular weight is 540 g/mol. The number of allylic oxidation sites excluding steroid dienone is 2. The normalized spacial score (nSPS) is 24.1. The minimum absolute atomic E-state index is 0.0861. The number of fused-ring (bicyclic) bond motifs is 6. The van der Waals surface area contributed by atoms with Crippen LogP contribution in [0.2, 0.25) is 5.02 Å². The molecule has 0 radical (unpaired) electrons. The van der Waals surface area contributed by atoms with Crippen molar-refractivity contribution in [3.8, 4) is 5.75 Å². The summed E-state index contributed by atoms with van der Waals surface area (Å²) in [6.07, 6.45) is 5.11. The number of carbonyl (C=O) groups is 3. The lowest BCUT2D eigenvalue weighted by atomic mass is 9.85. The maximum absolute atomic E-state index is 13.1. The van der Waals surface area contributed by atoms with Crippen LogP contribution < -0.4 is 15.0 Å². The molecule has 0 spiro atoms. The maximum atomic E-state index is 13.1. The summed E-state index contributed by atoms with van der Waals surface area (Å²) in [4.78, 5) is 44.4. The van der Waals surface area contributed by atoms with Gasteiger partial charge >= 0.3 is 0 Å². The first-order valence-corrected chi connectivity index (χ1v) is 13.9. The van der Waals surface area contributed by atoms with Crippen molar-refractivity contribution in [1.82, 2.24) is 10.3 Å². The molecule has 184 valence electrons. The van der Waals surface area contributed by atoms with Crippen molar-refractivity contribution in [2.24, 2.45) is 23.7 Å². The number of halogens is 1. The summed E-state index contributed by atoms with van der Waals surface area (Å²) in [5.74, 6) is 0.587. The average Bonchev–Trinajstić information content (AvgIpc) is 3.64. The van der Waals surface area contributed by atoms with Crippen molar-refractivity contribution in [2.75, 3.05) is 23.8 Å². The van der Waals surface area contributed by atoms with Gasteiger partial charge in [0.25, 0.3) is 0 Å². The van der Waals surface area contributed by atoms with E-state index < -0.39 is 0 Å². The van der Waals surface area contributed by atoms with Gasteiger partial charge in [-0.05, 0) is 60.7 Å². The largest absolute Gasteiger partial charge is 0.492 e. The fourth-order valence-electron chi connectivity index (χ4n) is 5.32. The van der Waals surface area contributed by atoms with Crippen LogP contribution in [0.5, 0.6) is 5.75 Å². The Bertz CT molecular complexity index is 1360. The zero-order valence-electron chi connectivity index (χ0n) is 19.1. The van der Waals surface area contributed by atoms with E-state index >= 15 is 0 Å². The lowest BCUT2D eigenvalue weighted by molar-refractivity contribution is -0.123. The van der Waals surface area contributed by atoms with Crippen LogP contribution in [0, 0.1) is 23.7 Å². The van der Waals surface area contributed by atoms with E-state index in [0.29, 0.717) is 29.6 Å². The SMILES string of the molecule is O=C(CSc1nc2ccc(N3C(=O)[C@@H]4[C@H](C3=O)[C@@H]3C=C[C@H]4C3)cc2s1)NCCOc1ccc(Cl)cc1. The smallest absolute Gasteiger partial charge is 0.238 e. The van der Waals surface area contributed by atoms with Crippen LogP contribution in [0.1, 0.15) is 6.42 Å². The Balaban J connectivity index is 1.04. The Kier molecular flexibility index (Phi) is 6.23. The standard InChI is InChI=1S/C26H22ClN3O4S2/c27-16-3-6-18(7-4-16)34-10-9-28-21(31)13-35-26-29-19-8-5-17(12-20(19)36-26)30-24(32)22-14-1-2-15(11-14)23(22)25(30)33/h1-8,12,14-15,22-23H,9-11,13H2,(H,28,31)/t14-,15+,22-,23+. The van der Waals surface area contributed by atoms with Crippen molar-refractivity contribution in [1.29, 1.82) is 0 Å². The fraction of sp³-hybridized carbons (Fsp3) is 0.308. The van der Waals surface area contributed by atoms with Gasteiger partial charge < -0.3 is 10.1 Å². The summed E-state index contributed by atoms with van der Waals surface area (Å²) in [6.45, 7) is 0.748. The first-order valence-electron chi connectivity index (χ1n) is 11.7. The molecule has 3 amide bonds. The summed E-state index contributed by atoms with van der Waals surface area (Å²) in [7, 11) is 0. The van der Waals surface area contributed by atoms with Gasteiger partial charge in [-0.1, -0.05) is 35.5 Å². The molecule has 3 aromatic rings. The number of nitrogens with zero attached hydrogens (tertiary/aromatic N) is 2. The highest BCUT2D eigenvalue weighted by Crippen LogP contribution is 2.53. The number of aromatic nitrogens is 1. The molecule has 6 rings (SSSR count). The molecule has 1 saturated carbocycles. The van der Waals surface area contributed by atoms with Crippen LogP contribution in [-0.2, 0) is 14.4 Å². The minimum atomic E-state index is -0.217. The molecule has 2 heterocycles. The number of hydrogen-bond acceptors (Lipinski definition) is 7. The molecule has 2 bridgehead atoms. The van der Waals surface area contributed by atoms with E-state index in [0.717, 1.165) is 21.0 Å². The van der Waals surface area contributed by atoms with Gasteiger partial charge in [-0.2, -0.15) is 0 Å². The van der Waals surface area contributed by atoms with Gasteiger partial charge in [-0.15, -0.1) is 11.3 Å². The van der Waals surface area contributed by atoms with Gasteiger partial charge in [0.2, 0.25) is 17.7 Å². The molecule has 1 aromatic heterocycles. The predicted octanol–water partition coefficient (Wildman–Crippen LogP) is 4.55. The summed E-state index contributed by atoms with van der Waals surface area (Å²) in [5.41, 5.74) is 1.38. The van der Waals surface area contributed by atoms with Crippen molar-refractivity contribution in [2.45, 2.75) is 10.8 Å². The third kappa shape index (κ3) is 4.29. The minimum Gasteiger partial charge on any atom is -0.492 e. The highest BCUT2D eigenvalue weighted by Gasteiger charge is 2.59. The van der Waals surface area contributed by atoms with Gasteiger partial charge in [0.05, 0.1) is 40.0 Å². The number of benzene rings is 2. The Labute approximate surface area is 220 Å². The molecule has 10 heteroatoms. The van der Waals surface area contributed by atoms with Crippen LogP contribution in [0.15, 0.2) is 59.0 Å². The number of carbonyl (C=O) groups excluding carboxylic acids is 3. The molecule has 7 nitrogen and oxygen atoms in total. The second-order valence-electron chi connectivity index (χ2n) is 9.08. The lowest BCUT2D eigenvalue weighted by Crippen LogP contribution is -2.32. The molecule has 2 aromatic carbocycles. The van der Waals surface area contributed by atoms with Crippen LogP contribution in [0.4, 0.5) is 5.69 Å². The molecule has 0 unspecified atom stereocenters. The van der Waals surface area contributed by atoms with E-state index in [1.807, 2.05) is 12.1 Å². The monoisotopic (exact) mass is 539 g/mol. The fourth-order valence-corrected chi connectivity index (χ4v) is 7.38. The molecule has 1 saturated heterocycles. The number of amides is 3. The van der Waals surface area contributed by atoms with Crippen molar-refractivity contribution in [3.05, 3.63) is 59.6 Å². The highest BCUT2D eigenvalue weighted by molar-refractivity contribution is 8.01. The van der Waals surface area contributed by atoms with Crippen molar-refractivity contribution >= 4 is 68.3 Å². The van der Waals surface area contributed by atoms with Crippen molar-refractivity contribution in [3.63, 3.8) is 0 Å². The van der Waals surface area contributed by atoms with Crippen LogP contribution in [-0.4, -0.2) is 41.6 Å². The topological polar surface area (TPSA) is 88.6 Å². The van der Waals surface area contributed by atoms with Gasteiger partial charge in [0.1, 0.15) is 12.4 Å². The molecule has 36 heavy (non-hydrogen) atoms. The van der Waals surface area contributed by atoms with Crippen LogP contribution in [0.3, 0.4) is 0 Å². The predicted molar refractivity (Wildman–Crippen MR) is 141 cm³/mol. The number of imide groups is 1. The highest BCUT2D eigenvalue weighted by atomic mass is 35.5. The Hall–Kier alpha value is -2.88. The Morgan fingerprint density at radius 3 is 2.56 bits per heavy atom. The molecule has 2 aliphatic carbocycles. The van der Waals surface area contributed by atoms with Crippen LogP contribution in [0.25, 0.3) is 10.2 Å². The number of anilines is 1. The first kappa shape index (κ1) is 23.5. The zero-order valence-corrected chi connectivity index (χ0v) is 21.4. The summed E-state index contributed by atoms with van der Waals surface area (Å²) >= 11 is 8.66. The second-order valence-corrected chi connectivity index (χ2v) is 11.8. The van der Waals surface area contributed by atoms with E-state index in [9.17, 15) is 14.4 Å². The number of hydrogen-bond donors (Lipinski definition) is 1. The van der Waals surface area contributed by atoms with E-state index in [-0.39, 0.29) is 47.1 Å². The van der Waals surface area contributed by atoms with E-state index in [1.165, 1.54) is 28.0 Å². The third-order valence-corrected chi connectivity index (χ3v) is 9.33. The van der Waals surface area contributed by atoms with E-state index in [1.54, 1.807) is 30.3 Å². The number of thioether (sulfide) groups is 1. The molecule has 1 aliphatic heterocycles. The molecule has 4 atom stereocenters. The van der Waals surface area contributed by atoms with Gasteiger partial charge in [0.15, 0.2) is 4.34 Å². The van der Waals surface area contributed by atoms with E-state index in [2.05, 4.69) is 22.5 Å². The molecular weight excluding hydrogens is 518 g/mol. The Morgan fingerprint density at radius 1 is 1.11 bits per heavy atom. The number of thiazole rings is 1. The molecule has 2 fully saturated rings. The van der Waals surface area contributed by atoms with Gasteiger partial charge in [0, 0.05) is 5.02 Å². The zero-order chi connectivity index (χ0) is 24.8. The molecule has 3 aliphatic rings. The number of rotatable bonds is 8. The van der Waals surface area contributed by atoms with Crippen molar-refractivity contribution < 1.29 is 19.1 Å². The number of nitrogens with one attached hydrogen (secondary N) is 1. The molecule has 1 N–H and O–H groups in total. The first-order chi connectivity index (χ1) is 17.5. The summed E-state index contributed by atoms with van der Waals surface area (Å²) in [5, 5.41) is 3.48. The molecular formula is C26H22ClN3O4S2. The van der Waals surface area contributed by atoms with Gasteiger partial charge in [-0.3, -0.25) is 14.4 Å². The van der Waals surface area contributed by atoms with Gasteiger partial charge in [-0.25, -0.2) is 9.88 Å². The second kappa shape index (κ2) is 9.53. The quantitative estimate of drug-likeness (QED) is 0.195. The number of ether oxygens (including phenoxy) is 1. The third-order valence-electron chi connectivity index (χ3n) is 6.91. The maximum Gasteiger partial charge on any atom is 0.238 e. The van der Waals surface area contributed by atoms with Crippen LogP contribution >= 0.6 is 34.7 Å². The van der Waals surface area contributed by atoms with E-state index in [4.69, 9.17) is 16.3 Å². The Morgan fingerprint density at radius 2 is 1.83 bits per heavy atom. The summed E-state index contributed by atoms with van der Waals surface area (Å²) in [6, 6.07) is 12.5. The summed E-state index contributed by atoms with van der Waals surface area (Å²) < 4.78 is 7.21. The lowest BCUT2D eigenvalue weighted by Gasteiger charge is -2.17.